The number of hydrogen-bond donors (Lipinski definition) is 0. The van der Waals surface area contributed by atoms with E-state index in [-0.39, 0.29) is 0 Å². The lowest BCUT2D eigenvalue weighted by molar-refractivity contribution is 0.854. The van der Waals surface area contributed by atoms with Crippen molar-refractivity contribution in [3.63, 3.8) is 0 Å². The van der Waals surface area contributed by atoms with Gasteiger partial charge in [0, 0.05) is 34.4 Å². The number of hydrogen-bond acceptors (Lipinski definition) is 5. The lowest BCUT2D eigenvalue weighted by atomic mass is 10.3. The van der Waals surface area contributed by atoms with E-state index in [4.69, 9.17) is 5.26 Å². The van der Waals surface area contributed by atoms with Crippen LogP contribution in [-0.4, -0.2) is 23.6 Å². The molecule has 2 rings (SSSR count). The van der Waals surface area contributed by atoms with Crippen molar-refractivity contribution in [3.8, 4) is 6.07 Å². The summed E-state index contributed by atoms with van der Waals surface area (Å²) in [5.74, 6) is 1.42. The summed E-state index contributed by atoms with van der Waals surface area (Å²) in [6.45, 7) is 2.66. The van der Waals surface area contributed by atoms with Crippen LogP contribution in [0.15, 0.2) is 22.0 Å². The maximum absolute atomic E-state index is 8.92. The molecule has 6 heteroatoms. The lowest BCUT2D eigenvalue weighted by Gasteiger charge is -2.17. The molecule has 2 aromatic rings. The summed E-state index contributed by atoms with van der Waals surface area (Å²) in [7, 11) is 1.98. The van der Waals surface area contributed by atoms with Crippen molar-refractivity contribution in [2.24, 2.45) is 0 Å². The number of anilines is 1. The van der Waals surface area contributed by atoms with Gasteiger partial charge in [-0.3, -0.25) is 0 Å². The molecule has 0 aliphatic heterocycles. The van der Waals surface area contributed by atoms with Crippen LogP contribution in [0, 0.1) is 18.3 Å². The van der Waals surface area contributed by atoms with Gasteiger partial charge in [0.1, 0.15) is 23.4 Å². The maximum Gasteiger partial charge on any atom is 0.146 e. The number of halogens is 1. The molecular weight excluding hydrogens is 324 g/mol. The van der Waals surface area contributed by atoms with E-state index in [1.165, 1.54) is 4.88 Å². The molecule has 0 fully saturated rings. The van der Waals surface area contributed by atoms with Crippen molar-refractivity contribution in [1.29, 1.82) is 5.26 Å². The minimum absolute atomic E-state index is 0.410. The summed E-state index contributed by atoms with van der Waals surface area (Å²) in [6, 6.07) is 5.91. The van der Waals surface area contributed by atoms with Gasteiger partial charge in [0.15, 0.2) is 0 Å². The third-order valence-corrected chi connectivity index (χ3v) is 4.40. The molecule has 0 aliphatic carbocycles. The SMILES string of the molecule is Cc1nc(C#N)cc(N(C)CCc2cc(Br)cs2)n1. The number of rotatable bonds is 4. The van der Waals surface area contributed by atoms with Gasteiger partial charge < -0.3 is 4.90 Å². The van der Waals surface area contributed by atoms with Crippen molar-refractivity contribution in [3.05, 3.63) is 38.4 Å². The van der Waals surface area contributed by atoms with Crippen LogP contribution in [0.4, 0.5) is 5.82 Å². The van der Waals surface area contributed by atoms with Crippen LogP contribution in [0.25, 0.3) is 0 Å². The highest BCUT2D eigenvalue weighted by Gasteiger charge is 2.07. The molecule has 2 aromatic heterocycles. The van der Waals surface area contributed by atoms with Crippen LogP contribution >= 0.6 is 27.3 Å². The molecule has 0 spiro atoms. The fraction of sp³-hybridized carbons (Fsp3) is 0.308. The highest BCUT2D eigenvalue weighted by atomic mass is 79.9. The van der Waals surface area contributed by atoms with Crippen LogP contribution in [0.2, 0.25) is 0 Å². The van der Waals surface area contributed by atoms with Crippen molar-refractivity contribution in [2.75, 3.05) is 18.5 Å². The Bertz CT molecular complexity index is 617. The van der Waals surface area contributed by atoms with E-state index in [1.807, 2.05) is 11.9 Å². The van der Waals surface area contributed by atoms with Crippen LogP contribution in [0.5, 0.6) is 0 Å². The number of aromatic nitrogens is 2. The van der Waals surface area contributed by atoms with E-state index in [2.05, 4.69) is 43.4 Å². The quantitative estimate of drug-likeness (QED) is 0.860. The molecule has 0 atom stereocenters. The van der Waals surface area contributed by atoms with E-state index in [1.54, 1.807) is 24.3 Å². The molecule has 0 amide bonds. The Morgan fingerprint density at radius 2 is 2.21 bits per heavy atom. The van der Waals surface area contributed by atoms with Gasteiger partial charge in [-0.25, -0.2) is 9.97 Å². The van der Waals surface area contributed by atoms with E-state index in [9.17, 15) is 0 Å². The number of likely N-dealkylation sites (N-methyl/N-ethyl adjacent to an activating group) is 1. The normalized spacial score (nSPS) is 10.2. The summed E-state index contributed by atoms with van der Waals surface area (Å²) in [4.78, 5) is 11.8. The number of nitrogens with zero attached hydrogens (tertiary/aromatic N) is 4. The molecule has 0 aliphatic rings. The summed E-state index contributed by atoms with van der Waals surface area (Å²) >= 11 is 5.19. The molecule has 0 saturated heterocycles. The van der Waals surface area contributed by atoms with Gasteiger partial charge >= 0.3 is 0 Å². The van der Waals surface area contributed by atoms with E-state index >= 15 is 0 Å². The van der Waals surface area contributed by atoms with E-state index in [0.29, 0.717) is 11.5 Å². The van der Waals surface area contributed by atoms with Crippen LogP contribution < -0.4 is 4.90 Å². The molecular formula is C13H13BrN4S. The molecule has 19 heavy (non-hydrogen) atoms. The van der Waals surface area contributed by atoms with Gasteiger partial charge in [0.2, 0.25) is 0 Å². The number of nitriles is 1. The van der Waals surface area contributed by atoms with Crippen LogP contribution in [-0.2, 0) is 6.42 Å². The predicted molar refractivity (Wildman–Crippen MR) is 80.5 cm³/mol. The summed E-state index contributed by atoms with van der Waals surface area (Å²) in [5.41, 5.74) is 0.410. The smallest absolute Gasteiger partial charge is 0.146 e. The van der Waals surface area contributed by atoms with Gasteiger partial charge in [-0.1, -0.05) is 0 Å². The maximum atomic E-state index is 8.92. The first-order valence-electron chi connectivity index (χ1n) is 5.78. The van der Waals surface area contributed by atoms with Crippen molar-refractivity contribution in [2.45, 2.75) is 13.3 Å². The van der Waals surface area contributed by atoms with Gasteiger partial charge in [-0.15, -0.1) is 11.3 Å². The second kappa shape index (κ2) is 6.13. The Morgan fingerprint density at radius 1 is 1.42 bits per heavy atom. The van der Waals surface area contributed by atoms with Crippen molar-refractivity contribution in [1.82, 2.24) is 9.97 Å². The molecule has 0 aromatic carbocycles. The summed E-state index contributed by atoms with van der Waals surface area (Å²) < 4.78 is 1.12. The monoisotopic (exact) mass is 336 g/mol. The minimum Gasteiger partial charge on any atom is -0.359 e. The van der Waals surface area contributed by atoms with E-state index < -0.39 is 0 Å². The fourth-order valence-corrected chi connectivity index (χ4v) is 3.13. The molecule has 0 radical (unpaired) electrons. The zero-order valence-corrected chi connectivity index (χ0v) is 13.1. The molecule has 0 unspecified atom stereocenters. The van der Waals surface area contributed by atoms with Gasteiger partial charge in [-0.2, -0.15) is 5.26 Å². The largest absolute Gasteiger partial charge is 0.359 e. The highest BCUT2D eigenvalue weighted by Crippen LogP contribution is 2.21. The van der Waals surface area contributed by atoms with Gasteiger partial charge in [0.05, 0.1) is 0 Å². The summed E-state index contributed by atoms with van der Waals surface area (Å²) in [6.07, 6.45) is 0.956. The average Bonchev–Trinajstić information content (AvgIpc) is 2.81. The predicted octanol–water partition coefficient (Wildman–Crippen LogP) is 3.16. The standard InChI is InChI=1S/C13H13BrN4S/c1-9-16-11(7-15)6-13(17-9)18(2)4-3-12-5-10(14)8-19-12/h5-6,8H,3-4H2,1-2H3. The Kier molecular flexibility index (Phi) is 4.51. The third kappa shape index (κ3) is 3.75. The Hall–Kier alpha value is -1.45. The number of thiophene rings is 1. The van der Waals surface area contributed by atoms with Crippen LogP contribution in [0.1, 0.15) is 16.4 Å². The van der Waals surface area contributed by atoms with Crippen molar-refractivity contribution < 1.29 is 0 Å². The molecule has 0 N–H and O–H groups in total. The first-order chi connectivity index (χ1) is 9.08. The summed E-state index contributed by atoms with van der Waals surface area (Å²) in [5, 5.41) is 11.0. The van der Waals surface area contributed by atoms with Crippen molar-refractivity contribution >= 4 is 33.1 Å². The topological polar surface area (TPSA) is 52.8 Å². The second-order valence-electron chi connectivity index (χ2n) is 4.17. The Balaban J connectivity index is 2.05. The first-order valence-corrected chi connectivity index (χ1v) is 7.45. The Labute approximate surface area is 124 Å². The Morgan fingerprint density at radius 3 is 2.84 bits per heavy atom. The first kappa shape index (κ1) is 14.0. The van der Waals surface area contributed by atoms with Gasteiger partial charge in [-0.05, 0) is 35.3 Å². The minimum atomic E-state index is 0.410. The molecule has 4 nitrogen and oxygen atoms in total. The third-order valence-electron chi connectivity index (χ3n) is 2.65. The molecule has 0 bridgehead atoms. The zero-order chi connectivity index (χ0) is 13.8. The lowest BCUT2D eigenvalue weighted by Crippen LogP contribution is -2.21. The molecule has 2 heterocycles. The zero-order valence-electron chi connectivity index (χ0n) is 10.7. The highest BCUT2D eigenvalue weighted by molar-refractivity contribution is 9.10. The van der Waals surface area contributed by atoms with E-state index in [0.717, 1.165) is 23.3 Å². The average molecular weight is 337 g/mol. The van der Waals surface area contributed by atoms with Gasteiger partial charge in [0.25, 0.3) is 0 Å². The molecule has 0 saturated carbocycles. The second-order valence-corrected chi connectivity index (χ2v) is 6.08. The number of aryl methyl sites for hydroxylation is 1. The van der Waals surface area contributed by atoms with Crippen LogP contribution in [0.3, 0.4) is 0 Å². The molecule has 98 valence electrons. The fourth-order valence-electron chi connectivity index (χ4n) is 1.68.